The molecule has 0 fully saturated rings. The smallest absolute Gasteiger partial charge is 0.193 e. The number of aryl methyl sites for hydroxylation is 3. The molecule has 0 heterocycles. The van der Waals surface area contributed by atoms with Crippen LogP contribution in [0.2, 0.25) is 5.02 Å². The van der Waals surface area contributed by atoms with E-state index in [0.717, 1.165) is 26.7 Å². The lowest BCUT2D eigenvalue weighted by Crippen LogP contribution is -2.05. The Morgan fingerprint density at radius 2 is 1.68 bits per heavy atom. The topological polar surface area (TPSA) is 17.1 Å². The molecule has 3 heteroatoms. The van der Waals surface area contributed by atoms with Crippen LogP contribution in [0.5, 0.6) is 0 Å². The van der Waals surface area contributed by atoms with Gasteiger partial charge in [-0.15, -0.1) is 0 Å². The zero-order chi connectivity index (χ0) is 14.2. The maximum Gasteiger partial charge on any atom is 0.193 e. The van der Waals surface area contributed by atoms with Gasteiger partial charge in [0.25, 0.3) is 0 Å². The van der Waals surface area contributed by atoms with E-state index < -0.39 is 0 Å². The van der Waals surface area contributed by atoms with Gasteiger partial charge in [0, 0.05) is 20.6 Å². The lowest BCUT2D eigenvalue weighted by molar-refractivity contribution is 0.103. The van der Waals surface area contributed by atoms with Crippen LogP contribution in [0.15, 0.2) is 34.8 Å². The molecule has 0 saturated heterocycles. The van der Waals surface area contributed by atoms with Crippen molar-refractivity contribution < 1.29 is 4.79 Å². The second-order valence-corrected chi connectivity index (χ2v) is 6.05. The largest absolute Gasteiger partial charge is 0.289 e. The van der Waals surface area contributed by atoms with Gasteiger partial charge in [-0.1, -0.05) is 27.5 Å². The van der Waals surface area contributed by atoms with Crippen molar-refractivity contribution in [3.63, 3.8) is 0 Å². The summed E-state index contributed by atoms with van der Waals surface area (Å²) in [5.74, 6) is 0.0127. The maximum atomic E-state index is 12.6. The molecule has 0 aromatic heterocycles. The third-order valence-electron chi connectivity index (χ3n) is 3.05. The highest BCUT2D eigenvalue weighted by Gasteiger charge is 2.14. The van der Waals surface area contributed by atoms with E-state index in [1.807, 2.05) is 45.0 Å². The van der Waals surface area contributed by atoms with Crippen LogP contribution in [0.4, 0.5) is 0 Å². The fourth-order valence-corrected chi connectivity index (χ4v) is 2.80. The molecule has 2 rings (SSSR count). The highest BCUT2D eigenvalue weighted by Crippen LogP contribution is 2.24. The molecule has 1 nitrogen and oxygen atoms in total. The molecule has 98 valence electrons. The van der Waals surface area contributed by atoms with Crippen LogP contribution in [0.1, 0.15) is 32.6 Å². The Morgan fingerprint density at radius 3 is 2.32 bits per heavy atom. The van der Waals surface area contributed by atoms with Crippen molar-refractivity contribution in [3.05, 3.63) is 67.6 Å². The van der Waals surface area contributed by atoms with Gasteiger partial charge in [0.2, 0.25) is 0 Å². The van der Waals surface area contributed by atoms with Crippen molar-refractivity contribution >= 4 is 33.3 Å². The van der Waals surface area contributed by atoms with Crippen LogP contribution in [0.3, 0.4) is 0 Å². The van der Waals surface area contributed by atoms with Crippen molar-refractivity contribution in [1.82, 2.24) is 0 Å². The predicted molar refractivity (Wildman–Crippen MR) is 83.2 cm³/mol. The average molecular weight is 338 g/mol. The fourth-order valence-electron chi connectivity index (χ4n) is 2.05. The van der Waals surface area contributed by atoms with Gasteiger partial charge in [-0.2, -0.15) is 0 Å². The van der Waals surface area contributed by atoms with Gasteiger partial charge in [0.15, 0.2) is 5.78 Å². The number of hydrogen-bond donors (Lipinski definition) is 0. The number of carbonyl (C=O) groups excluding carboxylic acids is 1. The fraction of sp³-hybridized carbons (Fsp3) is 0.188. The van der Waals surface area contributed by atoms with Gasteiger partial charge in [0.1, 0.15) is 0 Å². The van der Waals surface area contributed by atoms with Crippen molar-refractivity contribution in [1.29, 1.82) is 0 Å². The van der Waals surface area contributed by atoms with Crippen LogP contribution in [-0.4, -0.2) is 5.78 Å². The minimum atomic E-state index is 0.0127. The predicted octanol–water partition coefficient (Wildman–Crippen LogP) is 5.26. The summed E-state index contributed by atoms with van der Waals surface area (Å²) in [4.78, 5) is 12.6. The highest BCUT2D eigenvalue weighted by molar-refractivity contribution is 9.10. The van der Waals surface area contributed by atoms with E-state index in [2.05, 4.69) is 15.9 Å². The van der Waals surface area contributed by atoms with Crippen LogP contribution in [0.25, 0.3) is 0 Å². The molecule has 0 amide bonds. The molecular weight excluding hydrogens is 324 g/mol. The summed E-state index contributed by atoms with van der Waals surface area (Å²) < 4.78 is 1.02. The molecule has 0 unspecified atom stereocenters. The molecule has 0 N–H and O–H groups in total. The van der Waals surface area contributed by atoms with Gasteiger partial charge in [-0.3, -0.25) is 4.79 Å². The Bertz CT molecular complexity index is 642. The molecule has 19 heavy (non-hydrogen) atoms. The number of benzene rings is 2. The van der Waals surface area contributed by atoms with Crippen molar-refractivity contribution in [2.45, 2.75) is 20.8 Å². The Balaban J connectivity index is 2.53. The standard InChI is InChI=1S/C16H14BrClO/c1-9-4-12(8-13(18)5-9)16(19)14-6-11(3)15(17)7-10(14)2/h4-8H,1-3H3. The molecule has 0 spiro atoms. The molecular formula is C16H14BrClO. The number of rotatable bonds is 2. The SMILES string of the molecule is Cc1cc(Cl)cc(C(=O)c2cc(C)c(Br)cc2C)c1. The van der Waals surface area contributed by atoms with Crippen molar-refractivity contribution in [2.24, 2.45) is 0 Å². The summed E-state index contributed by atoms with van der Waals surface area (Å²) in [7, 11) is 0. The van der Waals surface area contributed by atoms with E-state index in [9.17, 15) is 4.79 Å². The number of ketones is 1. The minimum Gasteiger partial charge on any atom is -0.289 e. The summed E-state index contributed by atoms with van der Waals surface area (Å²) in [6.07, 6.45) is 0. The van der Waals surface area contributed by atoms with E-state index in [0.29, 0.717) is 10.6 Å². The monoisotopic (exact) mass is 336 g/mol. The van der Waals surface area contributed by atoms with E-state index in [-0.39, 0.29) is 5.78 Å². The summed E-state index contributed by atoms with van der Waals surface area (Å²) >= 11 is 9.49. The van der Waals surface area contributed by atoms with Crippen molar-refractivity contribution in [2.75, 3.05) is 0 Å². The summed E-state index contributed by atoms with van der Waals surface area (Å²) in [5.41, 5.74) is 4.35. The Morgan fingerprint density at radius 1 is 1.00 bits per heavy atom. The average Bonchev–Trinajstić information content (AvgIpc) is 2.31. The second-order valence-electron chi connectivity index (χ2n) is 4.76. The zero-order valence-corrected chi connectivity index (χ0v) is 13.4. The van der Waals surface area contributed by atoms with Gasteiger partial charge in [0.05, 0.1) is 0 Å². The molecule has 0 aliphatic rings. The molecule has 2 aromatic carbocycles. The van der Waals surface area contributed by atoms with Gasteiger partial charge in [-0.25, -0.2) is 0 Å². The molecule has 0 aliphatic carbocycles. The summed E-state index contributed by atoms with van der Waals surface area (Å²) in [6, 6.07) is 9.31. The quantitative estimate of drug-likeness (QED) is 0.683. The first-order chi connectivity index (χ1) is 8.88. The molecule has 2 aromatic rings. The van der Waals surface area contributed by atoms with E-state index in [1.54, 1.807) is 6.07 Å². The molecule has 0 aliphatic heterocycles. The van der Waals surface area contributed by atoms with E-state index >= 15 is 0 Å². The molecule has 0 radical (unpaired) electrons. The van der Waals surface area contributed by atoms with Crippen LogP contribution in [0, 0.1) is 20.8 Å². The van der Waals surface area contributed by atoms with E-state index in [4.69, 9.17) is 11.6 Å². The van der Waals surface area contributed by atoms with Crippen LogP contribution >= 0.6 is 27.5 Å². The summed E-state index contributed by atoms with van der Waals surface area (Å²) in [6.45, 7) is 5.85. The lowest BCUT2D eigenvalue weighted by Gasteiger charge is -2.09. The van der Waals surface area contributed by atoms with Gasteiger partial charge in [-0.05, 0) is 67.8 Å². The number of hydrogen-bond acceptors (Lipinski definition) is 1. The third-order valence-corrected chi connectivity index (χ3v) is 4.13. The minimum absolute atomic E-state index is 0.0127. The maximum absolute atomic E-state index is 12.6. The Hall–Kier alpha value is -1.12. The van der Waals surface area contributed by atoms with E-state index in [1.165, 1.54) is 0 Å². The Labute approximate surface area is 126 Å². The lowest BCUT2D eigenvalue weighted by atomic mass is 9.96. The van der Waals surface area contributed by atoms with Crippen molar-refractivity contribution in [3.8, 4) is 0 Å². The normalized spacial score (nSPS) is 10.6. The highest BCUT2D eigenvalue weighted by atomic mass is 79.9. The first-order valence-electron chi connectivity index (χ1n) is 5.97. The first kappa shape index (κ1) is 14.3. The third kappa shape index (κ3) is 3.07. The van der Waals surface area contributed by atoms with Gasteiger partial charge >= 0.3 is 0 Å². The molecule has 0 bridgehead atoms. The van der Waals surface area contributed by atoms with Crippen LogP contribution in [-0.2, 0) is 0 Å². The van der Waals surface area contributed by atoms with Crippen LogP contribution < -0.4 is 0 Å². The molecule has 0 atom stereocenters. The summed E-state index contributed by atoms with van der Waals surface area (Å²) in [5, 5.41) is 0.592. The molecule has 0 saturated carbocycles. The second kappa shape index (κ2) is 5.48. The number of halogens is 2. The number of carbonyl (C=O) groups is 1. The Kier molecular flexibility index (Phi) is 4.12. The zero-order valence-electron chi connectivity index (χ0n) is 11.1. The van der Waals surface area contributed by atoms with Gasteiger partial charge < -0.3 is 0 Å². The first-order valence-corrected chi connectivity index (χ1v) is 7.14.